The quantitative estimate of drug-likeness (QED) is 0.335. The molecule has 0 N–H and O–H groups in total. The molecule has 0 aliphatic rings. The summed E-state index contributed by atoms with van der Waals surface area (Å²) in [6.07, 6.45) is 0. The highest BCUT2D eigenvalue weighted by Crippen LogP contribution is 2.15. The summed E-state index contributed by atoms with van der Waals surface area (Å²) >= 11 is 0. The fourth-order valence-corrected chi connectivity index (χ4v) is 1.87. The summed E-state index contributed by atoms with van der Waals surface area (Å²) in [4.78, 5) is 12.1. The van der Waals surface area contributed by atoms with Gasteiger partial charge in [0, 0.05) is 13.0 Å². The van der Waals surface area contributed by atoms with E-state index in [2.05, 4.69) is 0 Å². The van der Waals surface area contributed by atoms with E-state index in [1.807, 2.05) is 0 Å². The van der Waals surface area contributed by atoms with E-state index >= 15 is 0 Å². The molecule has 0 fully saturated rings. The first-order valence-corrected chi connectivity index (χ1v) is 5.23. The molecule has 0 unspecified atom stereocenters. The van der Waals surface area contributed by atoms with Crippen LogP contribution in [0.1, 0.15) is 5.69 Å². The largest absolute Gasteiger partial charge is 0.616 e. The average Bonchev–Trinajstić information content (AvgIpc) is 2.35. The van der Waals surface area contributed by atoms with E-state index < -0.39 is 0 Å². The van der Waals surface area contributed by atoms with Gasteiger partial charge in [0.05, 0.1) is 5.39 Å². The van der Waals surface area contributed by atoms with Gasteiger partial charge in [0.25, 0.3) is 0 Å². The summed E-state index contributed by atoms with van der Waals surface area (Å²) in [6, 6.07) is 10.1. The second-order valence-corrected chi connectivity index (χ2v) is 3.92. The highest BCUT2D eigenvalue weighted by atomic mass is 16.5. The zero-order chi connectivity index (χ0) is 12.0. The number of hydrogen-bond acceptors (Lipinski definition) is 3. The summed E-state index contributed by atoms with van der Waals surface area (Å²) in [7, 11) is 0. The van der Waals surface area contributed by atoms with E-state index in [9.17, 15) is 10.0 Å². The Morgan fingerprint density at radius 3 is 2.71 bits per heavy atom. The number of para-hydroxylation sites is 1. The van der Waals surface area contributed by atoms with Crippen molar-refractivity contribution in [3.8, 4) is 0 Å². The van der Waals surface area contributed by atoms with Crippen molar-refractivity contribution in [1.29, 1.82) is 0 Å². The summed E-state index contributed by atoms with van der Waals surface area (Å²) in [5, 5.41) is 12.6. The predicted molar refractivity (Wildman–Crippen MR) is 63.7 cm³/mol. The number of aryl methyl sites for hydroxylation is 1. The molecule has 4 heteroatoms. The first kappa shape index (κ1) is 9.84. The van der Waals surface area contributed by atoms with Gasteiger partial charge in [-0.15, -0.1) is 4.73 Å². The number of fused-ring (bicyclic) bond motifs is 2. The molecule has 17 heavy (non-hydrogen) atoms. The molecule has 0 atom stereocenters. The Labute approximate surface area is 96.3 Å². The van der Waals surface area contributed by atoms with Crippen LogP contribution in [0, 0.1) is 12.1 Å². The molecule has 0 aliphatic carbocycles. The second-order valence-electron chi connectivity index (χ2n) is 3.92. The van der Waals surface area contributed by atoms with Crippen LogP contribution in [0.25, 0.3) is 22.1 Å². The van der Waals surface area contributed by atoms with E-state index in [-0.39, 0.29) is 11.1 Å². The smallest absolute Gasteiger partial charge is 0.396 e. The maximum atomic E-state index is 12.1. The second kappa shape index (κ2) is 3.31. The molecular weight excluding hydrogens is 218 g/mol. The number of nitrogens with zero attached hydrogens (tertiary/aromatic N) is 1. The van der Waals surface area contributed by atoms with Gasteiger partial charge in [-0.1, -0.05) is 12.1 Å². The molecule has 0 spiro atoms. The Kier molecular flexibility index (Phi) is 1.92. The minimum atomic E-state index is -0.175. The third-order valence-electron chi connectivity index (χ3n) is 2.81. The molecule has 0 aliphatic heterocycles. The summed E-state index contributed by atoms with van der Waals surface area (Å²) in [6.45, 7) is 1.67. The molecule has 2 aromatic heterocycles. The van der Waals surface area contributed by atoms with Gasteiger partial charge >= 0.3 is 5.71 Å². The zero-order valence-corrected chi connectivity index (χ0v) is 9.14. The first-order valence-electron chi connectivity index (χ1n) is 5.23. The normalized spacial score (nSPS) is 11.1. The SMILES string of the molecule is Cc1ccc2c(=O)c3ccccc3oc2[n+]1[O-]. The Bertz CT molecular complexity index is 790. The van der Waals surface area contributed by atoms with Crippen molar-refractivity contribution in [2.45, 2.75) is 6.92 Å². The molecule has 3 rings (SSSR count). The number of rotatable bonds is 0. The number of hydrogen-bond donors (Lipinski definition) is 0. The Morgan fingerprint density at radius 2 is 1.88 bits per heavy atom. The van der Waals surface area contributed by atoms with Gasteiger partial charge in [0.1, 0.15) is 11.0 Å². The zero-order valence-electron chi connectivity index (χ0n) is 9.14. The van der Waals surface area contributed by atoms with Crippen LogP contribution >= 0.6 is 0 Å². The van der Waals surface area contributed by atoms with Crippen molar-refractivity contribution in [2.75, 3.05) is 0 Å². The van der Waals surface area contributed by atoms with Gasteiger partial charge < -0.3 is 9.62 Å². The minimum absolute atomic E-state index is 0.0636. The van der Waals surface area contributed by atoms with Crippen molar-refractivity contribution in [3.05, 3.63) is 57.5 Å². The van der Waals surface area contributed by atoms with Gasteiger partial charge in [-0.3, -0.25) is 4.79 Å². The van der Waals surface area contributed by atoms with Crippen LogP contribution in [-0.2, 0) is 0 Å². The molecule has 3 aromatic rings. The van der Waals surface area contributed by atoms with Gasteiger partial charge in [0.2, 0.25) is 5.43 Å². The van der Waals surface area contributed by atoms with Gasteiger partial charge in [0.15, 0.2) is 5.69 Å². The highest BCUT2D eigenvalue weighted by Gasteiger charge is 2.15. The Morgan fingerprint density at radius 1 is 1.12 bits per heavy atom. The molecule has 0 saturated heterocycles. The summed E-state index contributed by atoms with van der Waals surface area (Å²) in [5.41, 5.74) is 0.816. The lowest BCUT2D eigenvalue weighted by Gasteiger charge is -2.03. The molecule has 0 saturated carbocycles. The predicted octanol–water partition coefficient (Wildman–Crippen LogP) is 1.89. The van der Waals surface area contributed by atoms with Crippen LogP contribution in [0.2, 0.25) is 0 Å². The molecule has 0 bridgehead atoms. The van der Waals surface area contributed by atoms with Crippen LogP contribution in [-0.4, -0.2) is 0 Å². The van der Waals surface area contributed by atoms with Crippen LogP contribution < -0.4 is 10.2 Å². The molecule has 1 aromatic carbocycles. The monoisotopic (exact) mass is 227 g/mol. The molecule has 2 heterocycles. The summed E-state index contributed by atoms with van der Waals surface area (Å²) in [5.74, 6) is 0. The molecule has 4 nitrogen and oxygen atoms in total. The third-order valence-corrected chi connectivity index (χ3v) is 2.81. The maximum absolute atomic E-state index is 12.1. The topological polar surface area (TPSA) is 57.2 Å². The van der Waals surface area contributed by atoms with Gasteiger partial charge in [-0.25, -0.2) is 0 Å². The molecule has 0 amide bonds. The van der Waals surface area contributed by atoms with Crippen LogP contribution in [0.15, 0.2) is 45.6 Å². The first-order chi connectivity index (χ1) is 8.18. The van der Waals surface area contributed by atoms with Crippen molar-refractivity contribution in [3.63, 3.8) is 0 Å². The van der Waals surface area contributed by atoms with Crippen LogP contribution in [0.3, 0.4) is 0 Å². The third kappa shape index (κ3) is 1.30. The van der Waals surface area contributed by atoms with Crippen LogP contribution in [0.4, 0.5) is 0 Å². The lowest BCUT2D eigenvalue weighted by molar-refractivity contribution is -0.591. The fourth-order valence-electron chi connectivity index (χ4n) is 1.87. The molecule has 84 valence electrons. The Hall–Kier alpha value is -2.36. The molecular formula is C13H9NO3. The van der Waals surface area contributed by atoms with Crippen molar-refractivity contribution < 1.29 is 9.15 Å². The molecule has 0 radical (unpaired) electrons. The van der Waals surface area contributed by atoms with E-state index in [4.69, 9.17) is 4.42 Å². The number of aromatic nitrogens is 1. The number of pyridine rings is 1. The number of benzene rings is 1. The summed E-state index contributed by atoms with van der Waals surface area (Å²) < 4.78 is 6.13. The van der Waals surface area contributed by atoms with Crippen molar-refractivity contribution in [1.82, 2.24) is 0 Å². The lowest BCUT2D eigenvalue weighted by Crippen LogP contribution is -2.31. The Balaban J connectivity index is 2.64. The van der Waals surface area contributed by atoms with E-state index in [0.717, 1.165) is 0 Å². The van der Waals surface area contributed by atoms with Crippen molar-refractivity contribution in [2.24, 2.45) is 0 Å². The minimum Gasteiger partial charge on any atom is -0.616 e. The van der Waals surface area contributed by atoms with Crippen molar-refractivity contribution >= 4 is 22.1 Å². The van der Waals surface area contributed by atoms with Gasteiger partial charge in [-0.2, -0.15) is 0 Å². The van der Waals surface area contributed by atoms with E-state index in [1.165, 1.54) is 0 Å². The maximum Gasteiger partial charge on any atom is 0.396 e. The highest BCUT2D eigenvalue weighted by molar-refractivity contribution is 5.86. The standard InChI is InChI=1S/C13H9NO3/c1-8-6-7-10-12(15)9-4-2-3-5-11(9)17-13(10)14(8)16/h2-7H,1H3. The van der Waals surface area contributed by atoms with E-state index in [0.29, 0.717) is 26.8 Å². The van der Waals surface area contributed by atoms with Gasteiger partial charge in [-0.05, 0) is 18.2 Å². The fraction of sp³-hybridized carbons (Fsp3) is 0.0769. The van der Waals surface area contributed by atoms with E-state index in [1.54, 1.807) is 43.3 Å². The van der Waals surface area contributed by atoms with Crippen LogP contribution in [0.5, 0.6) is 0 Å². The average molecular weight is 227 g/mol. The lowest BCUT2D eigenvalue weighted by atomic mass is 10.2.